The third kappa shape index (κ3) is 2.25. The van der Waals surface area contributed by atoms with Crippen molar-refractivity contribution in [2.75, 3.05) is 23.7 Å². The molecular weight excluding hydrogens is 228 g/mol. The second kappa shape index (κ2) is 4.60. The zero-order valence-corrected chi connectivity index (χ0v) is 10.3. The van der Waals surface area contributed by atoms with Crippen LogP contribution < -0.4 is 15.4 Å². The lowest BCUT2D eigenvalue weighted by atomic mass is 10.2. The van der Waals surface area contributed by atoms with Crippen LogP contribution in [0.5, 0.6) is 5.75 Å². The molecule has 0 radical (unpaired) electrons. The van der Waals surface area contributed by atoms with Crippen LogP contribution in [0.3, 0.4) is 0 Å². The van der Waals surface area contributed by atoms with Crippen LogP contribution in [0.1, 0.15) is 0 Å². The van der Waals surface area contributed by atoms with Gasteiger partial charge in [-0.1, -0.05) is 12.1 Å². The molecule has 3 rings (SSSR count). The van der Waals surface area contributed by atoms with Crippen molar-refractivity contribution in [2.45, 2.75) is 6.10 Å². The number of aromatic nitrogens is 2. The molecule has 94 valence electrons. The van der Waals surface area contributed by atoms with Crippen molar-refractivity contribution in [3.8, 4) is 5.75 Å². The molecule has 2 aromatic rings. The molecule has 0 fully saturated rings. The van der Waals surface area contributed by atoms with E-state index < -0.39 is 0 Å². The summed E-state index contributed by atoms with van der Waals surface area (Å²) in [7, 11) is 1.90. The van der Waals surface area contributed by atoms with Crippen LogP contribution in [0.25, 0.3) is 0 Å². The molecule has 5 heteroatoms. The lowest BCUT2D eigenvalue weighted by Crippen LogP contribution is -2.36. The van der Waals surface area contributed by atoms with Crippen LogP contribution in [0.2, 0.25) is 0 Å². The normalized spacial score (nSPS) is 17.5. The van der Waals surface area contributed by atoms with Gasteiger partial charge in [-0.25, -0.2) is 0 Å². The van der Waals surface area contributed by atoms with E-state index in [2.05, 4.69) is 15.7 Å². The molecule has 0 aliphatic carbocycles. The van der Waals surface area contributed by atoms with Gasteiger partial charge in [-0.3, -0.25) is 4.68 Å². The number of rotatable bonds is 3. The van der Waals surface area contributed by atoms with Crippen molar-refractivity contribution >= 4 is 11.5 Å². The summed E-state index contributed by atoms with van der Waals surface area (Å²) in [5.41, 5.74) is 1.06. The quantitative estimate of drug-likeness (QED) is 0.863. The van der Waals surface area contributed by atoms with Crippen LogP contribution in [-0.4, -0.2) is 29.0 Å². The van der Waals surface area contributed by atoms with E-state index in [0.717, 1.165) is 30.3 Å². The molecule has 1 aromatic carbocycles. The number of fused-ring (bicyclic) bond motifs is 1. The van der Waals surface area contributed by atoms with E-state index in [-0.39, 0.29) is 6.10 Å². The van der Waals surface area contributed by atoms with Crippen molar-refractivity contribution < 1.29 is 4.74 Å². The minimum Gasteiger partial charge on any atom is -0.485 e. The van der Waals surface area contributed by atoms with Gasteiger partial charge in [0.05, 0.1) is 18.8 Å². The van der Waals surface area contributed by atoms with Crippen LogP contribution in [0.15, 0.2) is 36.5 Å². The van der Waals surface area contributed by atoms with Gasteiger partial charge < -0.3 is 15.4 Å². The number of ether oxygens (including phenoxy) is 1. The SMILES string of the molecule is Cn1ccc(NCC2CNc3ccccc3O2)n1. The summed E-state index contributed by atoms with van der Waals surface area (Å²) in [4.78, 5) is 0. The second-order valence-corrected chi connectivity index (χ2v) is 4.37. The Morgan fingerprint density at radius 1 is 1.44 bits per heavy atom. The first kappa shape index (κ1) is 11.0. The van der Waals surface area contributed by atoms with Crippen LogP contribution in [0, 0.1) is 0 Å². The maximum Gasteiger partial charge on any atom is 0.148 e. The van der Waals surface area contributed by atoms with Crippen molar-refractivity contribution in [3.05, 3.63) is 36.5 Å². The van der Waals surface area contributed by atoms with Gasteiger partial charge in [0.2, 0.25) is 0 Å². The fourth-order valence-electron chi connectivity index (χ4n) is 2.00. The summed E-state index contributed by atoms with van der Waals surface area (Å²) in [5, 5.41) is 10.9. The van der Waals surface area contributed by atoms with Crippen LogP contribution >= 0.6 is 0 Å². The molecule has 1 unspecified atom stereocenters. The standard InChI is InChI=1S/C13H16N4O/c1-17-7-6-13(16-17)15-9-10-8-14-11-4-2-3-5-12(11)18-10/h2-7,10,14H,8-9H2,1H3,(H,15,16). The van der Waals surface area contributed by atoms with Gasteiger partial charge in [0.25, 0.3) is 0 Å². The number of benzene rings is 1. The van der Waals surface area contributed by atoms with Gasteiger partial charge >= 0.3 is 0 Å². The number of hydrogen-bond acceptors (Lipinski definition) is 4. The van der Waals surface area contributed by atoms with Crippen molar-refractivity contribution in [1.29, 1.82) is 0 Å². The zero-order valence-electron chi connectivity index (χ0n) is 10.3. The molecule has 1 atom stereocenters. The first-order valence-electron chi connectivity index (χ1n) is 6.04. The Labute approximate surface area is 106 Å². The second-order valence-electron chi connectivity index (χ2n) is 4.37. The van der Waals surface area contributed by atoms with Gasteiger partial charge in [0.1, 0.15) is 17.7 Å². The van der Waals surface area contributed by atoms with Crippen molar-refractivity contribution in [2.24, 2.45) is 7.05 Å². The Balaban J connectivity index is 1.59. The van der Waals surface area contributed by atoms with E-state index in [1.54, 1.807) is 4.68 Å². The van der Waals surface area contributed by atoms with Crippen molar-refractivity contribution in [3.63, 3.8) is 0 Å². The van der Waals surface area contributed by atoms with E-state index in [9.17, 15) is 0 Å². The van der Waals surface area contributed by atoms with Gasteiger partial charge in [0, 0.05) is 19.3 Å². The molecule has 0 spiro atoms. The molecule has 1 aliphatic rings. The Kier molecular flexibility index (Phi) is 2.80. The van der Waals surface area contributed by atoms with Crippen LogP contribution in [-0.2, 0) is 7.05 Å². The highest BCUT2D eigenvalue weighted by Gasteiger charge is 2.18. The summed E-state index contributed by atoms with van der Waals surface area (Å²) in [5.74, 6) is 1.79. The molecule has 0 saturated heterocycles. The number of aryl methyl sites for hydroxylation is 1. The highest BCUT2D eigenvalue weighted by Crippen LogP contribution is 2.28. The summed E-state index contributed by atoms with van der Waals surface area (Å²) in [6.45, 7) is 1.54. The topological polar surface area (TPSA) is 51.1 Å². The molecule has 1 aliphatic heterocycles. The monoisotopic (exact) mass is 244 g/mol. The maximum atomic E-state index is 5.90. The highest BCUT2D eigenvalue weighted by atomic mass is 16.5. The Hall–Kier alpha value is -2.17. The molecule has 2 heterocycles. The Morgan fingerprint density at radius 3 is 3.17 bits per heavy atom. The molecule has 0 saturated carbocycles. The number of para-hydroxylation sites is 2. The summed E-state index contributed by atoms with van der Waals surface area (Å²) in [6.07, 6.45) is 2.03. The van der Waals surface area contributed by atoms with Gasteiger partial charge in [-0.05, 0) is 12.1 Å². The lowest BCUT2D eigenvalue weighted by molar-refractivity contribution is 0.218. The zero-order chi connectivity index (χ0) is 12.4. The van der Waals surface area contributed by atoms with E-state index in [4.69, 9.17) is 4.74 Å². The molecule has 2 N–H and O–H groups in total. The van der Waals surface area contributed by atoms with Crippen molar-refractivity contribution in [1.82, 2.24) is 9.78 Å². The molecule has 5 nitrogen and oxygen atoms in total. The summed E-state index contributed by atoms with van der Waals surface area (Å²) >= 11 is 0. The number of anilines is 2. The minimum atomic E-state index is 0.113. The predicted molar refractivity (Wildman–Crippen MR) is 71.0 cm³/mol. The summed E-state index contributed by atoms with van der Waals surface area (Å²) < 4.78 is 7.68. The fraction of sp³-hybridized carbons (Fsp3) is 0.308. The smallest absolute Gasteiger partial charge is 0.148 e. The van der Waals surface area contributed by atoms with Gasteiger partial charge in [-0.2, -0.15) is 5.10 Å². The number of hydrogen-bond donors (Lipinski definition) is 2. The molecule has 18 heavy (non-hydrogen) atoms. The number of nitrogens with zero attached hydrogens (tertiary/aromatic N) is 2. The van der Waals surface area contributed by atoms with E-state index in [0.29, 0.717) is 0 Å². The highest BCUT2D eigenvalue weighted by molar-refractivity contribution is 5.57. The molecule has 0 bridgehead atoms. The fourth-order valence-corrected chi connectivity index (χ4v) is 2.00. The van der Waals surface area contributed by atoms with E-state index in [1.165, 1.54) is 0 Å². The first-order valence-corrected chi connectivity index (χ1v) is 6.04. The van der Waals surface area contributed by atoms with E-state index >= 15 is 0 Å². The average molecular weight is 244 g/mol. The third-order valence-corrected chi connectivity index (χ3v) is 2.93. The Bertz CT molecular complexity index is 537. The minimum absolute atomic E-state index is 0.113. The first-order chi connectivity index (χ1) is 8.81. The third-order valence-electron chi connectivity index (χ3n) is 2.93. The molecule has 0 amide bonds. The maximum absolute atomic E-state index is 5.90. The van der Waals surface area contributed by atoms with Gasteiger partial charge in [0.15, 0.2) is 0 Å². The predicted octanol–water partition coefficient (Wildman–Crippen LogP) is 1.71. The molecule has 1 aromatic heterocycles. The summed E-state index contributed by atoms with van der Waals surface area (Å²) in [6, 6.07) is 9.94. The number of nitrogens with one attached hydrogen (secondary N) is 2. The average Bonchev–Trinajstić information content (AvgIpc) is 2.82. The lowest BCUT2D eigenvalue weighted by Gasteiger charge is -2.27. The van der Waals surface area contributed by atoms with Crippen LogP contribution in [0.4, 0.5) is 11.5 Å². The largest absolute Gasteiger partial charge is 0.485 e. The Morgan fingerprint density at radius 2 is 2.33 bits per heavy atom. The van der Waals surface area contributed by atoms with Gasteiger partial charge in [-0.15, -0.1) is 0 Å². The molecular formula is C13H16N4O. The van der Waals surface area contributed by atoms with E-state index in [1.807, 2.05) is 43.6 Å².